The largest absolute Gasteiger partial charge is 0.496 e. The van der Waals surface area contributed by atoms with Gasteiger partial charge in [-0.3, -0.25) is 0 Å². The summed E-state index contributed by atoms with van der Waals surface area (Å²) in [5, 5.41) is 2.95. The number of halogens is 1. The van der Waals surface area contributed by atoms with Crippen LogP contribution >= 0.6 is 22.9 Å². The number of methoxy groups -OCH3 is 1. The molecule has 4 nitrogen and oxygen atoms in total. The van der Waals surface area contributed by atoms with E-state index in [2.05, 4.69) is 4.98 Å². The summed E-state index contributed by atoms with van der Waals surface area (Å²) in [5.41, 5.74) is 1.10. The summed E-state index contributed by atoms with van der Waals surface area (Å²) in [6, 6.07) is 5.28. The van der Waals surface area contributed by atoms with Crippen LogP contribution in [0.25, 0.3) is 10.6 Å². The molecular weight excluding hydrogens is 286 g/mol. The maximum Gasteiger partial charge on any atom is 0.357 e. The third kappa shape index (κ3) is 3.05. The first-order valence-corrected chi connectivity index (χ1v) is 6.88. The summed E-state index contributed by atoms with van der Waals surface area (Å²) >= 11 is 7.27. The molecule has 0 unspecified atom stereocenters. The average molecular weight is 298 g/mol. The molecule has 2 aromatic rings. The van der Waals surface area contributed by atoms with Crippen molar-refractivity contribution in [3.05, 3.63) is 34.3 Å². The summed E-state index contributed by atoms with van der Waals surface area (Å²) in [7, 11) is 1.56. The number of hydrogen-bond acceptors (Lipinski definition) is 5. The molecule has 0 aliphatic rings. The Labute approximate surface area is 120 Å². The molecule has 6 heteroatoms. The van der Waals surface area contributed by atoms with E-state index >= 15 is 0 Å². The zero-order valence-electron chi connectivity index (χ0n) is 10.5. The van der Waals surface area contributed by atoms with Crippen LogP contribution in [-0.4, -0.2) is 24.7 Å². The molecular formula is C13H12ClNO3S. The van der Waals surface area contributed by atoms with Crippen molar-refractivity contribution < 1.29 is 14.3 Å². The molecule has 0 spiro atoms. The lowest BCUT2D eigenvalue weighted by molar-refractivity contribution is 0.0520. The fraction of sp³-hybridized carbons (Fsp3) is 0.231. The predicted molar refractivity (Wildman–Crippen MR) is 75.1 cm³/mol. The van der Waals surface area contributed by atoms with Crippen molar-refractivity contribution >= 4 is 28.9 Å². The van der Waals surface area contributed by atoms with Crippen LogP contribution in [0.2, 0.25) is 5.02 Å². The van der Waals surface area contributed by atoms with E-state index in [9.17, 15) is 4.79 Å². The minimum atomic E-state index is -0.419. The van der Waals surface area contributed by atoms with E-state index < -0.39 is 5.97 Å². The third-order valence-electron chi connectivity index (χ3n) is 2.38. The van der Waals surface area contributed by atoms with Crippen LogP contribution in [0.1, 0.15) is 17.4 Å². The van der Waals surface area contributed by atoms with E-state index in [0.717, 1.165) is 5.56 Å². The predicted octanol–water partition coefficient (Wildman–Crippen LogP) is 3.65. The minimum Gasteiger partial charge on any atom is -0.496 e. The molecule has 0 fully saturated rings. The molecule has 100 valence electrons. The Kier molecular flexibility index (Phi) is 4.39. The van der Waals surface area contributed by atoms with E-state index in [1.54, 1.807) is 31.5 Å². The molecule has 19 heavy (non-hydrogen) atoms. The highest BCUT2D eigenvalue weighted by atomic mass is 35.5. The van der Waals surface area contributed by atoms with Gasteiger partial charge in [-0.05, 0) is 25.1 Å². The van der Waals surface area contributed by atoms with Crippen LogP contribution < -0.4 is 4.74 Å². The Morgan fingerprint density at radius 1 is 1.47 bits per heavy atom. The molecule has 0 radical (unpaired) electrons. The first-order chi connectivity index (χ1) is 9.15. The van der Waals surface area contributed by atoms with Crippen LogP contribution in [0.4, 0.5) is 0 Å². The van der Waals surface area contributed by atoms with Gasteiger partial charge >= 0.3 is 5.97 Å². The Hall–Kier alpha value is -1.59. The number of carbonyl (C=O) groups excluding carboxylic acids is 1. The molecule has 0 amide bonds. The molecule has 1 heterocycles. The maximum atomic E-state index is 11.6. The smallest absolute Gasteiger partial charge is 0.357 e. The van der Waals surface area contributed by atoms with Crippen molar-refractivity contribution in [1.29, 1.82) is 0 Å². The van der Waals surface area contributed by atoms with Gasteiger partial charge in [-0.1, -0.05) is 11.6 Å². The van der Waals surface area contributed by atoms with Crippen molar-refractivity contribution in [3.63, 3.8) is 0 Å². The lowest BCUT2D eigenvalue weighted by Crippen LogP contribution is -2.04. The molecule has 0 bridgehead atoms. The molecule has 0 saturated carbocycles. The SMILES string of the molecule is CCOC(=O)c1csc(-c2ccc(Cl)cc2OC)n1. The van der Waals surface area contributed by atoms with Crippen molar-refractivity contribution in [2.45, 2.75) is 6.92 Å². The number of hydrogen-bond donors (Lipinski definition) is 0. The van der Waals surface area contributed by atoms with Crippen LogP contribution in [0.5, 0.6) is 5.75 Å². The van der Waals surface area contributed by atoms with E-state index in [-0.39, 0.29) is 0 Å². The highest BCUT2D eigenvalue weighted by Crippen LogP contribution is 2.34. The molecule has 2 rings (SSSR count). The highest BCUT2D eigenvalue weighted by molar-refractivity contribution is 7.13. The van der Waals surface area contributed by atoms with Crippen LogP contribution in [-0.2, 0) is 4.74 Å². The molecule has 0 atom stereocenters. The summed E-state index contributed by atoms with van der Waals surface area (Å²) < 4.78 is 10.2. The zero-order chi connectivity index (χ0) is 13.8. The summed E-state index contributed by atoms with van der Waals surface area (Å²) in [4.78, 5) is 15.8. The monoisotopic (exact) mass is 297 g/mol. The van der Waals surface area contributed by atoms with Gasteiger partial charge < -0.3 is 9.47 Å². The van der Waals surface area contributed by atoms with Gasteiger partial charge in [0.05, 0.1) is 19.3 Å². The summed E-state index contributed by atoms with van der Waals surface area (Å²) in [5.74, 6) is 0.204. The lowest BCUT2D eigenvalue weighted by atomic mass is 10.2. The van der Waals surface area contributed by atoms with Gasteiger partial charge in [-0.15, -0.1) is 11.3 Å². The third-order valence-corrected chi connectivity index (χ3v) is 3.49. The number of nitrogens with zero attached hydrogens (tertiary/aromatic N) is 1. The topological polar surface area (TPSA) is 48.4 Å². The fourth-order valence-electron chi connectivity index (χ4n) is 1.54. The van der Waals surface area contributed by atoms with Crippen LogP contribution in [0, 0.1) is 0 Å². The first-order valence-electron chi connectivity index (χ1n) is 5.62. The quantitative estimate of drug-likeness (QED) is 0.808. The standard InChI is InChI=1S/C13H12ClNO3S/c1-3-18-13(16)10-7-19-12(15-10)9-5-4-8(14)6-11(9)17-2/h4-7H,3H2,1-2H3. The van der Waals surface area contributed by atoms with Gasteiger partial charge in [0.15, 0.2) is 5.69 Å². The summed E-state index contributed by atoms with van der Waals surface area (Å²) in [6.45, 7) is 2.09. The van der Waals surface area contributed by atoms with Gasteiger partial charge in [-0.25, -0.2) is 9.78 Å². The van der Waals surface area contributed by atoms with E-state index in [0.29, 0.717) is 28.1 Å². The van der Waals surface area contributed by atoms with Crippen molar-refractivity contribution in [2.75, 3.05) is 13.7 Å². The summed E-state index contributed by atoms with van der Waals surface area (Å²) in [6.07, 6.45) is 0. The van der Waals surface area contributed by atoms with E-state index in [1.165, 1.54) is 11.3 Å². The normalized spacial score (nSPS) is 10.3. The minimum absolute atomic E-state index is 0.304. The second kappa shape index (κ2) is 6.04. The molecule has 0 N–H and O–H groups in total. The maximum absolute atomic E-state index is 11.6. The lowest BCUT2D eigenvalue weighted by Gasteiger charge is -2.05. The number of thiazole rings is 1. The number of ether oxygens (including phenoxy) is 2. The van der Waals surface area contributed by atoms with Gasteiger partial charge in [0.25, 0.3) is 0 Å². The molecule has 1 aromatic carbocycles. The first kappa shape index (κ1) is 13.8. The van der Waals surface area contributed by atoms with Crippen LogP contribution in [0.15, 0.2) is 23.6 Å². The molecule has 1 aromatic heterocycles. The van der Waals surface area contributed by atoms with Gasteiger partial charge in [0.2, 0.25) is 0 Å². The Balaban J connectivity index is 2.35. The highest BCUT2D eigenvalue weighted by Gasteiger charge is 2.15. The van der Waals surface area contributed by atoms with E-state index in [1.807, 2.05) is 6.07 Å². The van der Waals surface area contributed by atoms with Crippen molar-refractivity contribution in [3.8, 4) is 16.3 Å². The van der Waals surface area contributed by atoms with E-state index in [4.69, 9.17) is 21.1 Å². The Morgan fingerprint density at radius 3 is 2.95 bits per heavy atom. The average Bonchev–Trinajstić information content (AvgIpc) is 2.88. The van der Waals surface area contributed by atoms with Gasteiger partial charge in [0, 0.05) is 10.4 Å². The number of aromatic nitrogens is 1. The second-order valence-electron chi connectivity index (χ2n) is 3.60. The molecule has 0 aliphatic carbocycles. The van der Waals surface area contributed by atoms with Gasteiger partial charge in [0.1, 0.15) is 10.8 Å². The Bertz CT molecular complexity index is 597. The second-order valence-corrected chi connectivity index (χ2v) is 4.90. The fourth-order valence-corrected chi connectivity index (χ4v) is 2.52. The van der Waals surface area contributed by atoms with Crippen molar-refractivity contribution in [1.82, 2.24) is 4.98 Å². The Morgan fingerprint density at radius 2 is 2.26 bits per heavy atom. The van der Waals surface area contributed by atoms with Gasteiger partial charge in [-0.2, -0.15) is 0 Å². The number of carbonyl (C=O) groups is 1. The number of rotatable bonds is 4. The van der Waals surface area contributed by atoms with Crippen molar-refractivity contribution in [2.24, 2.45) is 0 Å². The molecule has 0 saturated heterocycles. The number of benzene rings is 1. The van der Waals surface area contributed by atoms with Crippen LogP contribution in [0.3, 0.4) is 0 Å². The zero-order valence-corrected chi connectivity index (χ0v) is 12.0. The number of esters is 1. The molecule has 0 aliphatic heterocycles.